The molecule has 0 amide bonds. The maximum atomic E-state index is 5.71. The van der Waals surface area contributed by atoms with Gasteiger partial charge in [-0.3, -0.25) is 0 Å². The molecule has 0 heterocycles. The van der Waals surface area contributed by atoms with E-state index in [0.717, 1.165) is 24.2 Å². The molecular formula is C16H22N2P2. The molecule has 0 fully saturated rings. The zero-order valence-electron chi connectivity index (χ0n) is 11.5. The van der Waals surface area contributed by atoms with Gasteiger partial charge in [0, 0.05) is 11.4 Å². The summed E-state index contributed by atoms with van der Waals surface area (Å²) in [6.07, 6.45) is 2.07. The van der Waals surface area contributed by atoms with Crippen molar-refractivity contribution in [3.05, 3.63) is 59.7 Å². The van der Waals surface area contributed by atoms with E-state index in [1.807, 2.05) is 24.3 Å². The summed E-state index contributed by atoms with van der Waals surface area (Å²) >= 11 is 0. The summed E-state index contributed by atoms with van der Waals surface area (Å²) in [5.74, 6) is 0. The van der Waals surface area contributed by atoms with Gasteiger partial charge in [0.2, 0.25) is 0 Å². The molecule has 0 radical (unpaired) electrons. The van der Waals surface area contributed by atoms with Crippen molar-refractivity contribution >= 4 is 29.9 Å². The van der Waals surface area contributed by atoms with E-state index in [1.54, 1.807) is 0 Å². The molecule has 0 saturated carbocycles. The fraction of sp³-hybridized carbons (Fsp3) is 0.250. The smallest absolute Gasteiger partial charge is 0.0314 e. The molecule has 0 aromatic heterocycles. The van der Waals surface area contributed by atoms with Crippen LogP contribution in [-0.2, 0) is 12.8 Å². The Morgan fingerprint density at radius 2 is 0.950 bits per heavy atom. The molecule has 4 N–H and O–H groups in total. The van der Waals surface area contributed by atoms with Crippen LogP contribution in [0, 0.1) is 0 Å². The number of nitrogen functional groups attached to an aromatic ring is 2. The fourth-order valence-corrected chi connectivity index (χ4v) is 2.97. The van der Waals surface area contributed by atoms with Crippen LogP contribution in [0.4, 0.5) is 11.4 Å². The van der Waals surface area contributed by atoms with Crippen molar-refractivity contribution < 1.29 is 0 Å². The van der Waals surface area contributed by atoms with Gasteiger partial charge in [0.1, 0.15) is 0 Å². The molecule has 0 bridgehead atoms. The van der Waals surface area contributed by atoms with Crippen molar-refractivity contribution in [3.63, 3.8) is 0 Å². The SMILES string of the molecule is Nc1ccc(CC(P)C(P)Cc2ccc(N)cc2)cc1. The van der Waals surface area contributed by atoms with Gasteiger partial charge in [0.25, 0.3) is 0 Å². The number of benzene rings is 2. The Hall–Kier alpha value is -1.10. The molecule has 0 aliphatic heterocycles. The molecule has 4 unspecified atom stereocenters. The van der Waals surface area contributed by atoms with Crippen LogP contribution in [0.2, 0.25) is 0 Å². The van der Waals surface area contributed by atoms with Gasteiger partial charge in [-0.05, 0) is 59.6 Å². The summed E-state index contributed by atoms with van der Waals surface area (Å²) in [5.41, 5.74) is 16.7. The lowest BCUT2D eigenvalue weighted by molar-refractivity contribution is 0.771. The predicted octanol–water partition coefficient (Wildman–Crippen LogP) is 3.12. The molecule has 106 valence electrons. The quantitative estimate of drug-likeness (QED) is 0.658. The summed E-state index contributed by atoms with van der Waals surface area (Å²) in [7, 11) is 5.92. The first-order valence-corrected chi connectivity index (χ1v) is 8.08. The molecule has 0 aliphatic carbocycles. The van der Waals surface area contributed by atoms with Crippen molar-refractivity contribution in [1.82, 2.24) is 0 Å². The highest BCUT2D eigenvalue weighted by molar-refractivity contribution is 7.23. The van der Waals surface area contributed by atoms with Crippen LogP contribution in [-0.4, -0.2) is 11.3 Å². The van der Waals surface area contributed by atoms with Gasteiger partial charge in [-0.25, -0.2) is 0 Å². The zero-order chi connectivity index (χ0) is 14.5. The molecule has 2 aromatic rings. The first-order valence-electron chi connectivity index (χ1n) is 6.74. The highest BCUT2D eigenvalue weighted by Crippen LogP contribution is 2.24. The lowest BCUT2D eigenvalue weighted by Crippen LogP contribution is -2.19. The minimum atomic E-state index is 0.515. The van der Waals surface area contributed by atoms with Crippen molar-refractivity contribution in [3.8, 4) is 0 Å². The Morgan fingerprint density at radius 1 is 0.650 bits per heavy atom. The summed E-state index contributed by atoms with van der Waals surface area (Å²) in [5, 5.41) is 0. The van der Waals surface area contributed by atoms with Crippen LogP contribution in [0.25, 0.3) is 0 Å². The molecule has 4 atom stereocenters. The third-order valence-electron chi connectivity index (χ3n) is 3.45. The Bertz CT molecular complexity index is 486. The second kappa shape index (κ2) is 7.07. The van der Waals surface area contributed by atoms with E-state index in [1.165, 1.54) is 11.1 Å². The second-order valence-electron chi connectivity index (χ2n) is 5.22. The highest BCUT2D eigenvalue weighted by Gasteiger charge is 2.14. The summed E-state index contributed by atoms with van der Waals surface area (Å²) in [6.45, 7) is 0. The van der Waals surface area contributed by atoms with Gasteiger partial charge in [0.05, 0.1) is 0 Å². The summed E-state index contributed by atoms with van der Waals surface area (Å²) in [4.78, 5) is 0. The molecule has 0 spiro atoms. The van der Waals surface area contributed by atoms with Gasteiger partial charge < -0.3 is 11.5 Å². The van der Waals surface area contributed by atoms with E-state index in [4.69, 9.17) is 11.5 Å². The Morgan fingerprint density at radius 3 is 1.25 bits per heavy atom. The predicted molar refractivity (Wildman–Crippen MR) is 96.1 cm³/mol. The van der Waals surface area contributed by atoms with E-state index in [0.29, 0.717) is 11.3 Å². The third-order valence-corrected chi connectivity index (χ3v) is 5.36. The molecule has 2 aromatic carbocycles. The first kappa shape index (κ1) is 15.3. The number of hydrogen-bond donors (Lipinski definition) is 2. The molecule has 2 rings (SSSR count). The standard InChI is InChI=1S/C16H22N2P2/c17-13-5-1-11(2-6-13)9-15(19)16(20)10-12-3-7-14(18)8-4-12/h1-8,15-16H,9-10,17-20H2. The van der Waals surface area contributed by atoms with Gasteiger partial charge in [-0.2, -0.15) is 0 Å². The number of hydrogen-bond acceptors (Lipinski definition) is 2. The van der Waals surface area contributed by atoms with Gasteiger partial charge in [-0.1, -0.05) is 24.3 Å². The Labute approximate surface area is 125 Å². The molecule has 0 aliphatic rings. The van der Waals surface area contributed by atoms with Crippen LogP contribution in [0.1, 0.15) is 11.1 Å². The third kappa shape index (κ3) is 4.47. The lowest BCUT2D eigenvalue weighted by Gasteiger charge is -2.20. The van der Waals surface area contributed by atoms with E-state index in [9.17, 15) is 0 Å². The molecule has 0 saturated heterocycles. The Balaban J connectivity index is 1.93. The average molecular weight is 304 g/mol. The first-order chi connectivity index (χ1) is 9.54. The summed E-state index contributed by atoms with van der Waals surface area (Å²) in [6, 6.07) is 16.3. The monoisotopic (exact) mass is 304 g/mol. The Kier molecular flexibility index (Phi) is 5.40. The maximum Gasteiger partial charge on any atom is 0.0314 e. The minimum Gasteiger partial charge on any atom is -0.399 e. The van der Waals surface area contributed by atoms with Crippen LogP contribution < -0.4 is 11.5 Å². The van der Waals surface area contributed by atoms with Crippen LogP contribution >= 0.6 is 18.5 Å². The fourth-order valence-electron chi connectivity index (χ4n) is 2.15. The molecule has 4 heteroatoms. The van der Waals surface area contributed by atoms with Crippen molar-refractivity contribution in [2.45, 2.75) is 24.2 Å². The number of anilines is 2. The van der Waals surface area contributed by atoms with E-state index >= 15 is 0 Å². The van der Waals surface area contributed by atoms with Crippen LogP contribution in [0.3, 0.4) is 0 Å². The molecule has 2 nitrogen and oxygen atoms in total. The van der Waals surface area contributed by atoms with E-state index < -0.39 is 0 Å². The largest absolute Gasteiger partial charge is 0.399 e. The van der Waals surface area contributed by atoms with Crippen molar-refractivity contribution in [1.29, 1.82) is 0 Å². The number of nitrogens with two attached hydrogens (primary N) is 2. The van der Waals surface area contributed by atoms with Crippen molar-refractivity contribution in [2.75, 3.05) is 11.5 Å². The van der Waals surface area contributed by atoms with E-state index in [2.05, 4.69) is 42.7 Å². The van der Waals surface area contributed by atoms with Crippen LogP contribution in [0.15, 0.2) is 48.5 Å². The topological polar surface area (TPSA) is 52.0 Å². The maximum absolute atomic E-state index is 5.71. The average Bonchev–Trinajstić information content (AvgIpc) is 2.44. The summed E-state index contributed by atoms with van der Waals surface area (Å²) < 4.78 is 0. The molecular weight excluding hydrogens is 282 g/mol. The second-order valence-corrected chi connectivity index (χ2v) is 6.93. The zero-order valence-corrected chi connectivity index (χ0v) is 13.8. The highest BCUT2D eigenvalue weighted by atomic mass is 31.0. The normalized spacial score (nSPS) is 13.9. The van der Waals surface area contributed by atoms with Gasteiger partial charge in [0.15, 0.2) is 0 Å². The van der Waals surface area contributed by atoms with Crippen LogP contribution in [0.5, 0.6) is 0 Å². The molecule has 20 heavy (non-hydrogen) atoms. The van der Waals surface area contributed by atoms with Crippen molar-refractivity contribution in [2.24, 2.45) is 0 Å². The lowest BCUT2D eigenvalue weighted by atomic mass is 10.0. The van der Waals surface area contributed by atoms with Gasteiger partial charge >= 0.3 is 0 Å². The van der Waals surface area contributed by atoms with Gasteiger partial charge in [-0.15, -0.1) is 18.5 Å². The van der Waals surface area contributed by atoms with E-state index in [-0.39, 0.29) is 0 Å². The number of rotatable bonds is 5. The minimum absolute atomic E-state index is 0.515.